The van der Waals surface area contributed by atoms with Gasteiger partial charge in [0.05, 0.1) is 5.69 Å². The first-order valence-corrected chi connectivity index (χ1v) is 5.03. The summed E-state index contributed by atoms with van der Waals surface area (Å²) in [5.41, 5.74) is 6.97. The molecule has 0 aromatic carbocycles. The van der Waals surface area contributed by atoms with Crippen molar-refractivity contribution >= 4 is 5.82 Å². The third kappa shape index (κ3) is 1.06. The van der Waals surface area contributed by atoms with Crippen molar-refractivity contribution in [1.82, 2.24) is 9.78 Å². The summed E-state index contributed by atoms with van der Waals surface area (Å²) in [7, 11) is 1.91. The lowest BCUT2D eigenvalue weighted by molar-refractivity contribution is 0.593. The number of nitrogens with two attached hydrogens (primary N) is 1. The van der Waals surface area contributed by atoms with Gasteiger partial charge in [0.25, 0.3) is 0 Å². The Morgan fingerprint density at radius 1 is 1.38 bits per heavy atom. The van der Waals surface area contributed by atoms with Crippen molar-refractivity contribution in [3.8, 4) is 0 Å². The molecule has 0 spiro atoms. The summed E-state index contributed by atoms with van der Waals surface area (Å²) in [5.74, 6) is 3.53. The summed E-state index contributed by atoms with van der Waals surface area (Å²) >= 11 is 0. The average Bonchev–Trinajstić information content (AvgIpc) is 2.54. The lowest BCUT2D eigenvalue weighted by Crippen LogP contribution is -1.99. The van der Waals surface area contributed by atoms with Gasteiger partial charge < -0.3 is 5.73 Å². The van der Waals surface area contributed by atoms with E-state index in [2.05, 4.69) is 5.10 Å². The Morgan fingerprint density at radius 3 is 2.62 bits per heavy atom. The predicted molar refractivity (Wildman–Crippen MR) is 51.2 cm³/mol. The van der Waals surface area contributed by atoms with Crippen LogP contribution in [0.4, 0.5) is 5.82 Å². The van der Waals surface area contributed by atoms with E-state index < -0.39 is 0 Å². The Kier molecular flexibility index (Phi) is 1.30. The van der Waals surface area contributed by atoms with Crippen LogP contribution in [-0.2, 0) is 7.05 Å². The smallest absolute Gasteiger partial charge is 0.121 e. The fourth-order valence-electron chi connectivity index (χ4n) is 2.66. The minimum atomic E-state index is 0.701. The van der Waals surface area contributed by atoms with Gasteiger partial charge in [-0.3, -0.25) is 4.68 Å². The highest BCUT2D eigenvalue weighted by molar-refractivity contribution is 5.32. The van der Waals surface area contributed by atoms with Gasteiger partial charge in [0, 0.05) is 19.0 Å². The maximum atomic E-state index is 5.75. The van der Waals surface area contributed by atoms with Crippen LogP contribution in [0.3, 0.4) is 0 Å². The number of hydrogen-bond donors (Lipinski definition) is 1. The van der Waals surface area contributed by atoms with E-state index in [1.807, 2.05) is 13.1 Å². The molecule has 13 heavy (non-hydrogen) atoms. The van der Waals surface area contributed by atoms with Crippen LogP contribution in [0.1, 0.15) is 30.9 Å². The van der Waals surface area contributed by atoms with Gasteiger partial charge >= 0.3 is 0 Å². The molecule has 3 heteroatoms. The first kappa shape index (κ1) is 7.42. The molecule has 3 nitrogen and oxygen atoms in total. The Morgan fingerprint density at radius 2 is 2.08 bits per heavy atom. The van der Waals surface area contributed by atoms with Crippen LogP contribution in [0, 0.1) is 11.8 Å². The van der Waals surface area contributed by atoms with Crippen LogP contribution < -0.4 is 5.73 Å². The zero-order valence-electron chi connectivity index (χ0n) is 7.90. The lowest BCUT2D eigenvalue weighted by atomic mass is 10.00. The van der Waals surface area contributed by atoms with Gasteiger partial charge in [0.15, 0.2) is 0 Å². The molecule has 1 heterocycles. The molecule has 0 radical (unpaired) electrons. The predicted octanol–water partition coefficient (Wildman–Crippen LogP) is 1.52. The molecule has 70 valence electrons. The number of hydrogen-bond acceptors (Lipinski definition) is 2. The van der Waals surface area contributed by atoms with Crippen LogP contribution in [0.25, 0.3) is 0 Å². The van der Waals surface area contributed by atoms with Crippen molar-refractivity contribution in [1.29, 1.82) is 0 Å². The molecule has 2 aliphatic rings. The Hall–Kier alpha value is -0.990. The molecule has 1 unspecified atom stereocenters. The first-order valence-electron chi connectivity index (χ1n) is 5.03. The highest BCUT2D eigenvalue weighted by Gasteiger charge is 2.46. The number of nitrogens with zero attached hydrogens (tertiary/aromatic N) is 2. The van der Waals surface area contributed by atoms with Crippen LogP contribution in [0.5, 0.6) is 0 Å². The second-order valence-corrected chi connectivity index (χ2v) is 4.54. The quantitative estimate of drug-likeness (QED) is 0.706. The molecule has 0 bridgehead atoms. The van der Waals surface area contributed by atoms with Crippen LogP contribution in [0.15, 0.2) is 6.07 Å². The molecule has 1 aromatic heterocycles. The van der Waals surface area contributed by atoms with E-state index in [1.165, 1.54) is 25.0 Å². The largest absolute Gasteiger partial charge is 0.384 e. The van der Waals surface area contributed by atoms with Crippen LogP contribution in [0.2, 0.25) is 0 Å². The molecule has 2 aliphatic carbocycles. The molecule has 3 atom stereocenters. The summed E-state index contributed by atoms with van der Waals surface area (Å²) < 4.78 is 1.78. The monoisotopic (exact) mass is 177 g/mol. The Labute approximate surface area is 77.9 Å². The molecule has 0 saturated heterocycles. The number of aromatic nitrogens is 2. The number of rotatable bonds is 1. The van der Waals surface area contributed by atoms with Gasteiger partial charge in [0.2, 0.25) is 0 Å². The summed E-state index contributed by atoms with van der Waals surface area (Å²) in [6, 6.07) is 2.04. The van der Waals surface area contributed by atoms with Crippen molar-refractivity contribution in [2.24, 2.45) is 18.9 Å². The van der Waals surface area contributed by atoms with Crippen molar-refractivity contribution in [2.75, 3.05) is 5.73 Å². The second-order valence-electron chi connectivity index (χ2n) is 4.54. The summed E-state index contributed by atoms with van der Waals surface area (Å²) in [4.78, 5) is 0. The number of anilines is 1. The van der Waals surface area contributed by atoms with E-state index in [9.17, 15) is 0 Å². The third-order valence-corrected chi connectivity index (χ3v) is 3.60. The lowest BCUT2D eigenvalue weighted by Gasteiger charge is -2.06. The molecular weight excluding hydrogens is 162 g/mol. The highest BCUT2D eigenvalue weighted by Crippen LogP contribution is 2.57. The molecule has 2 saturated carbocycles. The van der Waals surface area contributed by atoms with Crippen molar-refractivity contribution in [3.63, 3.8) is 0 Å². The SMILES string of the molecule is Cn1nc(C2C[C@@H]3C[C@@H]3C2)cc1N. The average molecular weight is 177 g/mol. The zero-order valence-corrected chi connectivity index (χ0v) is 7.90. The van der Waals surface area contributed by atoms with Crippen molar-refractivity contribution in [3.05, 3.63) is 11.8 Å². The minimum Gasteiger partial charge on any atom is -0.384 e. The van der Waals surface area contributed by atoms with Gasteiger partial charge in [-0.15, -0.1) is 0 Å². The molecule has 2 fully saturated rings. The van der Waals surface area contributed by atoms with Gasteiger partial charge in [-0.25, -0.2) is 0 Å². The van der Waals surface area contributed by atoms with E-state index in [4.69, 9.17) is 5.73 Å². The molecule has 2 N–H and O–H groups in total. The molecule has 1 aromatic rings. The minimum absolute atomic E-state index is 0.701. The van der Waals surface area contributed by atoms with Gasteiger partial charge in [-0.05, 0) is 31.1 Å². The summed E-state index contributed by atoms with van der Waals surface area (Å²) in [6.45, 7) is 0. The summed E-state index contributed by atoms with van der Waals surface area (Å²) in [5, 5.41) is 4.44. The second kappa shape index (κ2) is 2.28. The van der Waals surface area contributed by atoms with Crippen molar-refractivity contribution in [2.45, 2.75) is 25.2 Å². The van der Waals surface area contributed by atoms with E-state index in [0.717, 1.165) is 17.7 Å². The van der Waals surface area contributed by atoms with E-state index in [-0.39, 0.29) is 0 Å². The third-order valence-electron chi connectivity index (χ3n) is 3.60. The van der Waals surface area contributed by atoms with Crippen molar-refractivity contribution < 1.29 is 0 Å². The van der Waals surface area contributed by atoms with Crippen LogP contribution in [-0.4, -0.2) is 9.78 Å². The van der Waals surface area contributed by atoms with E-state index >= 15 is 0 Å². The fourth-order valence-corrected chi connectivity index (χ4v) is 2.66. The number of fused-ring (bicyclic) bond motifs is 1. The normalized spacial score (nSPS) is 36.2. The Bertz CT molecular complexity index is 312. The maximum absolute atomic E-state index is 5.75. The first-order chi connectivity index (χ1) is 6.24. The van der Waals surface area contributed by atoms with Gasteiger partial charge in [-0.1, -0.05) is 0 Å². The zero-order chi connectivity index (χ0) is 9.00. The molecular formula is C10H15N3. The Balaban J connectivity index is 1.84. The van der Waals surface area contributed by atoms with E-state index in [0.29, 0.717) is 5.92 Å². The molecule has 3 rings (SSSR count). The number of nitrogen functional groups attached to an aromatic ring is 1. The number of aryl methyl sites for hydroxylation is 1. The molecule has 0 amide bonds. The topological polar surface area (TPSA) is 43.8 Å². The standard InChI is InChI=1S/C10H15N3/c1-13-10(11)5-9(12-13)8-3-6-2-7(6)4-8/h5-8H,2-4,11H2,1H3/t6-,7+,8?. The summed E-state index contributed by atoms with van der Waals surface area (Å²) in [6.07, 6.45) is 4.17. The van der Waals surface area contributed by atoms with Gasteiger partial charge in [0.1, 0.15) is 5.82 Å². The van der Waals surface area contributed by atoms with E-state index in [1.54, 1.807) is 4.68 Å². The van der Waals surface area contributed by atoms with Gasteiger partial charge in [-0.2, -0.15) is 5.10 Å². The van der Waals surface area contributed by atoms with Crippen LogP contribution >= 0.6 is 0 Å². The molecule has 0 aliphatic heterocycles. The highest BCUT2D eigenvalue weighted by atomic mass is 15.3. The fraction of sp³-hybridized carbons (Fsp3) is 0.700. The maximum Gasteiger partial charge on any atom is 0.121 e.